The third kappa shape index (κ3) is 4.71. The number of hydrogen-bond donors (Lipinski definition) is 0. The van der Waals surface area contributed by atoms with Crippen LogP contribution in [0.2, 0.25) is 0 Å². The zero-order valence-corrected chi connectivity index (χ0v) is 16.1. The molecule has 0 N–H and O–H groups in total. The van der Waals surface area contributed by atoms with Crippen LogP contribution in [0.15, 0.2) is 23.6 Å². The molecule has 3 rings (SSSR count). The highest BCUT2D eigenvalue weighted by atomic mass is 32.1. The SMILES string of the molecule is CCOC(=O)c1csc(CN(C(=O)c2cc([N+](=O)[O-])cc([N+](=O)[O-])c2)C2CC2)n1. The quantitative estimate of drug-likeness (QED) is 0.360. The van der Waals surface area contributed by atoms with Gasteiger partial charge < -0.3 is 9.64 Å². The molecule has 1 aliphatic rings. The van der Waals surface area contributed by atoms with E-state index in [1.54, 1.807) is 6.92 Å². The third-order valence-corrected chi connectivity index (χ3v) is 5.00. The fourth-order valence-corrected chi connectivity index (χ4v) is 3.44. The fourth-order valence-electron chi connectivity index (χ4n) is 2.68. The average molecular weight is 420 g/mol. The topological polar surface area (TPSA) is 146 Å². The standard InChI is InChI=1S/C17H16N4O7S/c1-2-28-17(23)14-9-29-15(18-14)8-19(11-3-4-11)16(22)10-5-12(20(24)25)7-13(6-10)21(26)27/h5-7,9,11H,2-4,8H2,1H3. The smallest absolute Gasteiger partial charge is 0.357 e. The van der Waals surface area contributed by atoms with E-state index in [-0.39, 0.29) is 30.5 Å². The first kappa shape index (κ1) is 20.3. The van der Waals surface area contributed by atoms with Crippen LogP contribution in [0.3, 0.4) is 0 Å². The Kier molecular flexibility index (Phi) is 5.82. The van der Waals surface area contributed by atoms with Crippen molar-refractivity contribution in [2.24, 2.45) is 0 Å². The van der Waals surface area contributed by atoms with Gasteiger partial charge in [-0.05, 0) is 19.8 Å². The molecule has 29 heavy (non-hydrogen) atoms. The van der Waals surface area contributed by atoms with Gasteiger partial charge in [0, 0.05) is 23.6 Å². The summed E-state index contributed by atoms with van der Waals surface area (Å²) in [6.07, 6.45) is 1.50. The molecule has 12 heteroatoms. The van der Waals surface area contributed by atoms with E-state index in [9.17, 15) is 29.8 Å². The molecule has 0 bridgehead atoms. The van der Waals surface area contributed by atoms with Crippen molar-refractivity contribution in [3.05, 3.63) is 60.1 Å². The van der Waals surface area contributed by atoms with E-state index in [1.165, 1.54) is 21.6 Å². The number of carbonyl (C=O) groups is 2. The number of ether oxygens (including phenoxy) is 1. The Morgan fingerprint density at radius 1 is 1.21 bits per heavy atom. The van der Waals surface area contributed by atoms with E-state index >= 15 is 0 Å². The molecule has 0 atom stereocenters. The van der Waals surface area contributed by atoms with Gasteiger partial charge in [0.25, 0.3) is 17.3 Å². The van der Waals surface area contributed by atoms with Gasteiger partial charge in [-0.25, -0.2) is 9.78 Å². The van der Waals surface area contributed by atoms with Gasteiger partial charge in [0.2, 0.25) is 0 Å². The summed E-state index contributed by atoms with van der Waals surface area (Å²) in [6, 6.07) is 2.77. The second-order valence-electron chi connectivity index (χ2n) is 6.26. The van der Waals surface area contributed by atoms with Crippen LogP contribution in [0.5, 0.6) is 0 Å². The normalized spacial score (nSPS) is 13.0. The summed E-state index contributed by atoms with van der Waals surface area (Å²) in [7, 11) is 0. The van der Waals surface area contributed by atoms with Crippen LogP contribution in [0, 0.1) is 20.2 Å². The molecule has 11 nitrogen and oxygen atoms in total. The second-order valence-corrected chi connectivity index (χ2v) is 7.21. The lowest BCUT2D eigenvalue weighted by molar-refractivity contribution is -0.394. The van der Waals surface area contributed by atoms with Gasteiger partial charge in [-0.1, -0.05) is 0 Å². The van der Waals surface area contributed by atoms with Crippen LogP contribution >= 0.6 is 11.3 Å². The second kappa shape index (κ2) is 8.31. The fraction of sp³-hybridized carbons (Fsp3) is 0.353. The molecule has 1 fully saturated rings. The minimum absolute atomic E-state index is 0.0873. The number of aromatic nitrogens is 1. The van der Waals surface area contributed by atoms with Gasteiger partial charge in [-0.2, -0.15) is 0 Å². The number of nitro groups is 2. The molecule has 0 spiro atoms. The molecule has 2 aromatic rings. The lowest BCUT2D eigenvalue weighted by Gasteiger charge is -2.21. The molecular weight excluding hydrogens is 404 g/mol. The van der Waals surface area contributed by atoms with Crippen molar-refractivity contribution >= 4 is 34.6 Å². The zero-order chi connectivity index (χ0) is 21.1. The minimum Gasteiger partial charge on any atom is -0.461 e. The van der Waals surface area contributed by atoms with Gasteiger partial charge in [0.05, 0.1) is 34.6 Å². The number of carbonyl (C=O) groups excluding carboxylic acids is 2. The number of nitro benzene ring substituents is 2. The number of rotatable bonds is 8. The number of hydrogen-bond acceptors (Lipinski definition) is 9. The van der Waals surface area contributed by atoms with E-state index in [1.807, 2.05) is 0 Å². The van der Waals surface area contributed by atoms with Crippen LogP contribution in [-0.2, 0) is 11.3 Å². The molecule has 0 radical (unpaired) electrons. The molecular formula is C17H16N4O7S. The predicted octanol–water partition coefficient (Wildman–Crippen LogP) is 2.94. The maximum absolute atomic E-state index is 13.0. The van der Waals surface area contributed by atoms with Gasteiger partial charge in [-0.3, -0.25) is 25.0 Å². The van der Waals surface area contributed by atoms with Gasteiger partial charge in [0.1, 0.15) is 5.01 Å². The highest BCUT2D eigenvalue weighted by Gasteiger charge is 2.35. The lowest BCUT2D eigenvalue weighted by atomic mass is 10.1. The summed E-state index contributed by atoms with van der Waals surface area (Å²) in [6.45, 7) is 1.98. The molecule has 1 saturated carbocycles. The summed E-state index contributed by atoms with van der Waals surface area (Å²) < 4.78 is 4.89. The summed E-state index contributed by atoms with van der Waals surface area (Å²) in [5.74, 6) is -1.12. The first-order valence-electron chi connectivity index (χ1n) is 8.66. The maximum Gasteiger partial charge on any atom is 0.357 e. The number of thiazole rings is 1. The van der Waals surface area contributed by atoms with E-state index in [2.05, 4.69) is 4.98 Å². The first-order chi connectivity index (χ1) is 13.8. The van der Waals surface area contributed by atoms with E-state index in [0.717, 1.165) is 31.0 Å². The Morgan fingerprint density at radius 3 is 2.34 bits per heavy atom. The van der Waals surface area contributed by atoms with Crippen molar-refractivity contribution in [3.63, 3.8) is 0 Å². The summed E-state index contributed by atoms with van der Waals surface area (Å²) >= 11 is 1.18. The van der Waals surface area contributed by atoms with Crippen LogP contribution in [0.4, 0.5) is 11.4 Å². The van der Waals surface area contributed by atoms with Crippen molar-refractivity contribution < 1.29 is 24.2 Å². The van der Waals surface area contributed by atoms with E-state index in [0.29, 0.717) is 5.01 Å². The molecule has 1 heterocycles. The Balaban J connectivity index is 1.87. The Morgan fingerprint density at radius 2 is 1.83 bits per heavy atom. The number of non-ortho nitro benzene ring substituents is 2. The van der Waals surface area contributed by atoms with Crippen molar-refractivity contribution in [2.75, 3.05) is 6.61 Å². The van der Waals surface area contributed by atoms with E-state index < -0.39 is 33.1 Å². The van der Waals surface area contributed by atoms with Crippen LogP contribution in [-0.4, -0.2) is 44.3 Å². The van der Waals surface area contributed by atoms with Crippen molar-refractivity contribution in [1.82, 2.24) is 9.88 Å². The van der Waals surface area contributed by atoms with Crippen LogP contribution < -0.4 is 0 Å². The largest absolute Gasteiger partial charge is 0.461 e. The predicted molar refractivity (Wildman–Crippen MR) is 101 cm³/mol. The first-order valence-corrected chi connectivity index (χ1v) is 9.54. The highest BCUT2D eigenvalue weighted by molar-refractivity contribution is 7.09. The third-order valence-electron chi connectivity index (χ3n) is 4.16. The molecule has 152 valence electrons. The molecule has 0 saturated heterocycles. The van der Waals surface area contributed by atoms with E-state index in [4.69, 9.17) is 4.74 Å². The number of nitrogens with zero attached hydrogens (tertiary/aromatic N) is 4. The Hall–Kier alpha value is -3.41. The summed E-state index contributed by atoms with van der Waals surface area (Å²) in [5, 5.41) is 24.2. The Labute approximate surface area is 168 Å². The molecule has 1 aromatic carbocycles. The highest BCUT2D eigenvalue weighted by Crippen LogP contribution is 2.32. The van der Waals surface area contributed by atoms with Crippen LogP contribution in [0.1, 0.15) is 45.6 Å². The monoisotopic (exact) mass is 420 g/mol. The number of benzene rings is 1. The molecule has 1 amide bonds. The minimum atomic E-state index is -0.780. The molecule has 0 unspecified atom stereocenters. The van der Waals surface area contributed by atoms with Crippen molar-refractivity contribution in [1.29, 1.82) is 0 Å². The summed E-state index contributed by atoms with van der Waals surface area (Å²) in [5.41, 5.74) is -1.06. The lowest BCUT2D eigenvalue weighted by Crippen LogP contribution is -2.32. The zero-order valence-electron chi connectivity index (χ0n) is 15.3. The van der Waals surface area contributed by atoms with Gasteiger partial charge in [-0.15, -0.1) is 11.3 Å². The van der Waals surface area contributed by atoms with Gasteiger partial charge in [0.15, 0.2) is 5.69 Å². The molecule has 0 aliphatic heterocycles. The van der Waals surface area contributed by atoms with Crippen molar-refractivity contribution in [3.8, 4) is 0 Å². The van der Waals surface area contributed by atoms with Gasteiger partial charge >= 0.3 is 5.97 Å². The molecule has 1 aliphatic carbocycles. The van der Waals surface area contributed by atoms with Crippen molar-refractivity contribution in [2.45, 2.75) is 32.4 Å². The van der Waals surface area contributed by atoms with Crippen LogP contribution in [0.25, 0.3) is 0 Å². The number of amides is 1. The maximum atomic E-state index is 13.0. The Bertz CT molecular complexity index is 954. The summed E-state index contributed by atoms with van der Waals surface area (Å²) in [4.78, 5) is 51.0. The number of esters is 1. The average Bonchev–Trinajstić information content (AvgIpc) is 3.42. The molecule has 1 aromatic heterocycles.